The lowest BCUT2D eigenvalue weighted by atomic mass is 9.91. The van der Waals surface area contributed by atoms with Crippen LogP contribution in [0.15, 0.2) is 54.2 Å². The highest BCUT2D eigenvalue weighted by Crippen LogP contribution is 2.34. The Labute approximate surface area is 147 Å². The van der Waals surface area contributed by atoms with Gasteiger partial charge in [0, 0.05) is 18.5 Å². The molecule has 0 fully saturated rings. The first-order valence-electron chi connectivity index (χ1n) is 8.59. The molecule has 3 heterocycles. The summed E-state index contributed by atoms with van der Waals surface area (Å²) in [5.74, 6) is 0.0973. The lowest BCUT2D eigenvalue weighted by Crippen LogP contribution is -2.21. The second kappa shape index (κ2) is 6.20. The van der Waals surface area contributed by atoms with Crippen LogP contribution in [-0.2, 0) is 11.3 Å². The van der Waals surface area contributed by atoms with Crippen LogP contribution in [0, 0.1) is 6.92 Å². The maximum atomic E-state index is 12.2. The van der Waals surface area contributed by atoms with E-state index in [2.05, 4.69) is 60.1 Å². The number of aromatic nitrogens is 2. The third-order valence-electron chi connectivity index (χ3n) is 4.81. The molecule has 4 nitrogen and oxygen atoms in total. The first kappa shape index (κ1) is 15.6. The average Bonchev–Trinajstić information content (AvgIpc) is 2.87. The van der Waals surface area contributed by atoms with Crippen LogP contribution < -0.4 is 5.32 Å². The Morgan fingerprint density at radius 3 is 2.88 bits per heavy atom. The third kappa shape index (κ3) is 2.95. The van der Waals surface area contributed by atoms with E-state index in [1.807, 2.05) is 18.2 Å². The van der Waals surface area contributed by atoms with Crippen molar-refractivity contribution in [3.8, 4) is 0 Å². The highest BCUT2D eigenvalue weighted by atomic mass is 16.1. The molecule has 4 rings (SSSR count). The fourth-order valence-corrected chi connectivity index (χ4v) is 3.54. The first-order chi connectivity index (χ1) is 12.1. The van der Waals surface area contributed by atoms with Gasteiger partial charge in [-0.2, -0.15) is 0 Å². The zero-order chi connectivity index (χ0) is 17.4. The second-order valence-corrected chi connectivity index (χ2v) is 6.71. The fourth-order valence-electron chi connectivity index (χ4n) is 3.54. The minimum Gasteiger partial charge on any atom is -0.350 e. The minimum absolute atomic E-state index is 0.0235. The highest BCUT2D eigenvalue weighted by Gasteiger charge is 2.28. The molecule has 1 aliphatic heterocycles. The summed E-state index contributed by atoms with van der Waals surface area (Å²) in [5, 5.41) is 2.98. The van der Waals surface area contributed by atoms with Gasteiger partial charge in [-0.1, -0.05) is 42.0 Å². The van der Waals surface area contributed by atoms with E-state index in [1.165, 1.54) is 11.1 Å². The van der Waals surface area contributed by atoms with Crippen molar-refractivity contribution in [2.24, 2.45) is 0 Å². The maximum Gasteiger partial charge on any atom is 0.221 e. The highest BCUT2D eigenvalue weighted by molar-refractivity contribution is 5.79. The SMILES string of the molecule is C/C(=C\c1ccccc1)C1CC(=O)NCc2nc3cc(C)ccn3c21. The van der Waals surface area contributed by atoms with Gasteiger partial charge in [0.05, 0.1) is 17.9 Å². The summed E-state index contributed by atoms with van der Waals surface area (Å²) >= 11 is 0. The molecule has 0 saturated heterocycles. The molecule has 0 radical (unpaired) electrons. The molecule has 1 amide bonds. The summed E-state index contributed by atoms with van der Waals surface area (Å²) in [6, 6.07) is 14.4. The number of carbonyl (C=O) groups is 1. The smallest absolute Gasteiger partial charge is 0.221 e. The second-order valence-electron chi connectivity index (χ2n) is 6.71. The monoisotopic (exact) mass is 331 g/mol. The van der Waals surface area contributed by atoms with E-state index in [0.717, 1.165) is 22.6 Å². The van der Waals surface area contributed by atoms with Gasteiger partial charge in [0.25, 0.3) is 0 Å². The van der Waals surface area contributed by atoms with E-state index >= 15 is 0 Å². The standard InChI is InChI=1S/C21H21N3O/c1-14-8-9-24-19(10-14)23-18-13-22-20(25)12-17(21(18)24)15(2)11-16-6-4-3-5-7-16/h3-11,17H,12-13H2,1-2H3,(H,22,25)/b15-11+. The molecule has 0 spiro atoms. The van der Waals surface area contributed by atoms with Gasteiger partial charge in [-0.15, -0.1) is 0 Å². The molecule has 25 heavy (non-hydrogen) atoms. The lowest BCUT2D eigenvalue weighted by Gasteiger charge is -2.16. The predicted molar refractivity (Wildman–Crippen MR) is 99.2 cm³/mol. The molecule has 4 heteroatoms. The van der Waals surface area contributed by atoms with Gasteiger partial charge in [0.15, 0.2) is 0 Å². The van der Waals surface area contributed by atoms with Crippen molar-refractivity contribution < 1.29 is 4.79 Å². The Kier molecular flexibility index (Phi) is 3.88. The van der Waals surface area contributed by atoms with Gasteiger partial charge < -0.3 is 9.72 Å². The number of aryl methyl sites for hydroxylation is 1. The molecule has 0 aliphatic carbocycles. The number of imidazole rings is 1. The molecule has 1 atom stereocenters. The molecule has 1 N–H and O–H groups in total. The van der Waals surface area contributed by atoms with Crippen LogP contribution in [0.25, 0.3) is 11.7 Å². The van der Waals surface area contributed by atoms with Gasteiger partial charge in [0.2, 0.25) is 5.91 Å². The average molecular weight is 331 g/mol. The summed E-state index contributed by atoms with van der Waals surface area (Å²) in [6.07, 6.45) is 4.68. The summed E-state index contributed by atoms with van der Waals surface area (Å²) in [7, 11) is 0. The summed E-state index contributed by atoms with van der Waals surface area (Å²) in [4.78, 5) is 17.0. The van der Waals surface area contributed by atoms with E-state index < -0.39 is 0 Å². The van der Waals surface area contributed by atoms with Crippen molar-refractivity contribution in [3.05, 3.63) is 76.7 Å². The van der Waals surface area contributed by atoms with Crippen molar-refractivity contribution in [3.63, 3.8) is 0 Å². The van der Waals surface area contributed by atoms with Crippen LogP contribution in [0.4, 0.5) is 0 Å². The number of allylic oxidation sites excluding steroid dienone is 1. The summed E-state index contributed by atoms with van der Waals surface area (Å²) in [5.41, 5.74) is 6.53. The molecule has 2 aromatic heterocycles. The molecule has 0 bridgehead atoms. The number of fused-ring (bicyclic) bond motifs is 3. The Bertz CT molecular complexity index is 969. The topological polar surface area (TPSA) is 46.4 Å². The Hall–Kier alpha value is -2.88. The lowest BCUT2D eigenvalue weighted by molar-refractivity contribution is -0.121. The zero-order valence-corrected chi connectivity index (χ0v) is 14.5. The predicted octanol–water partition coefficient (Wildman–Crippen LogP) is 3.85. The number of pyridine rings is 1. The van der Waals surface area contributed by atoms with Crippen molar-refractivity contribution in [2.45, 2.75) is 32.7 Å². The normalized spacial score (nSPS) is 17.9. The molecule has 0 saturated carbocycles. The largest absolute Gasteiger partial charge is 0.350 e. The fraction of sp³-hybridized carbons (Fsp3) is 0.238. The van der Waals surface area contributed by atoms with E-state index in [1.54, 1.807) is 0 Å². The van der Waals surface area contributed by atoms with Gasteiger partial charge >= 0.3 is 0 Å². The van der Waals surface area contributed by atoms with Gasteiger partial charge in [-0.3, -0.25) is 4.79 Å². The first-order valence-corrected chi connectivity index (χ1v) is 8.59. The molecule has 1 unspecified atom stereocenters. The van der Waals surface area contributed by atoms with Crippen molar-refractivity contribution in [2.75, 3.05) is 0 Å². The maximum absolute atomic E-state index is 12.2. The Morgan fingerprint density at radius 1 is 1.28 bits per heavy atom. The van der Waals surface area contributed by atoms with Gasteiger partial charge in [0.1, 0.15) is 5.65 Å². The summed E-state index contributed by atoms with van der Waals surface area (Å²) in [6.45, 7) is 4.66. The number of nitrogens with zero attached hydrogens (tertiary/aromatic N) is 2. The third-order valence-corrected chi connectivity index (χ3v) is 4.81. The van der Waals surface area contributed by atoms with E-state index in [4.69, 9.17) is 4.98 Å². The number of benzene rings is 1. The Morgan fingerprint density at radius 2 is 2.08 bits per heavy atom. The Balaban J connectivity index is 1.86. The van der Waals surface area contributed by atoms with E-state index in [-0.39, 0.29) is 11.8 Å². The number of nitrogens with one attached hydrogen (secondary N) is 1. The number of hydrogen-bond donors (Lipinski definition) is 1. The quantitative estimate of drug-likeness (QED) is 0.775. The molecule has 1 aromatic carbocycles. The summed E-state index contributed by atoms with van der Waals surface area (Å²) < 4.78 is 2.13. The zero-order valence-electron chi connectivity index (χ0n) is 14.5. The molecule has 3 aromatic rings. The minimum atomic E-state index is 0.0235. The molecule has 1 aliphatic rings. The van der Waals surface area contributed by atoms with Crippen molar-refractivity contribution in [1.82, 2.24) is 14.7 Å². The van der Waals surface area contributed by atoms with Gasteiger partial charge in [-0.05, 0) is 37.1 Å². The van der Waals surface area contributed by atoms with Gasteiger partial charge in [-0.25, -0.2) is 4.98 Å². The molecule has 126 valence electrons. The van der Waals surface area contributed by atoms with Crippen LogP contribution in [0.2, 0.25) is 0 Å². The molecular formula is C21H21N3O. The van der Waals surface area contributed by atoms with Crippen LogP contribution in [0.3, 0.4) is 0 Å². The van der Waals surface area contributed by atoms with Crippen LogP contribution >= 0.6 is 0 Å². The van der Waals surface area contributed by atoms with Crippen molar-refractivity contribution >= 4 is 17.6 Å². The van der Waals surface area contributed by atoms with E-state index in [0.29, 0.717) is 13.0 Å². The van der Waals surface area contributed by atoms with Crippen LogP contribution in [-0.4, -0.2) is 15.3 Å². The number of hydrogen-bond acceptors (Lipinski definition) is 2. The van der Waals surface area contributed by atoms with Crippen molar-refractivity contribution in [1.29, 1.82) is 0 Å². The number of amides is 1. The van der Waals surface area contributed by atoms with Crippen LogP contribution in [0.5, 0.6) is 0 Å². The number of carbonyl (C=O) groups excluding carboxylic acids is 1. The molecular weight excluding hydrogens is 310 g/mol. The number of rotatable bonds is 2. The van der Waals surface area contributed by atoms with E-state index in [9.17, 15) is 4.79 Å². The van der Waals surface area contributed by atoms with Crippen LogP contribution in [0.1, 0.15) is 41.8 Å².